The summed E-state index contributed by atoms with van der Waals surface area (Å²) in [5.74, 6) is 0.666. The van der Waals surface area contributed by atoms with Crippen LogP contribution < -0.4 is 5.32 Å². The first-order chi connectivity index (χ1) is 15.9. The van der Waals surface area contributed by atoms with Crippen LogP contribution in [0.2, 0.25) is 0 Å². The second kappa shape index (κ2) is 10.3. The van der Waals surface area contributed by atoms with Gasteiger partial charge < -0.3 is 25.7 Å². The molecule has 4 atom stereocenters. The van der Waals surface area contributed by atoms with E-state index < -0.39 is 24.4 Å². The first kappa shape index (κ1) is 23.2. The van der Waals surface area contributed by atoms with Gasteiger partial charge in [-0.2, -0.15) is 0 Å². The van der Waals surface area contributed by atoms with Gasteiger partial charge in [-0.1, -0.05) is 6.07 Å². The van der Waals surface area contributed by atoms with E-state index in [4.69, 9.17) is 0 Å². The predicted octanol–water partition coefficient (Wildman–Crippen LogP) is 0.718. The third-order valence-electron chi connectivity index (χ3n) is 5.82. The van der Waals surface area contributed by atoms with Crippen molar-refractivity contribution in [2.24, 2.45) is 0 Å². The van der Waals surface area contributed by atoms with E-state index in [1.54, 1.807) is 23.4 Å². The fourth-order valence-corrected chi connectivity index (χ4v) is 4.14. The number of piperidine rings is 1. The third kappa shape index (κ3) is 5.52. The summed E-state index contributed by atoms with van der Waals surface area (Å²) in [5.41, 5.74) is 4.51. The van der Waals surface area contributed by atoms with E-state index in [9.17, 15) is 20.4 Å². The Kier molecular flexibility index (Phi) is 7.26. The zero-order valence-corrected chi connectivity index (χ0v) is 18.4. The van der Waals surface area contributed by atoms with Gasteiger partial charge in [-0.25, -0.2) is 9.97 Å². The number of pyridine rings is 1. The Bertz CT molecular complexity index is 1070. The first-order valence-electron chi connectivity index (χ1n) is 10.9. The zero-order chi connectivity index (χ0) is 23.4. The van der Waals surface area contributed by atoms with Crippen LogP contribution in [0.3, 0.4) is 0 Å². The van der Waals surface area contributed by atoms with E-state index in [1.807, 2.05) is 43.3 Å². The molecule has 1 aliphatic heterocycles. The first-order valence-corrected chi connectivity index (χ1v) is 10.9. The normalized spacial score (nSPS) is 23.4. The monoisotopic (exact) mass is 451 g/mol. The second-order valence-corrected chi connectivity index (χ2v) is 8.36. The standard InChI is InChI=1S/C24H29N5O4/c1-15-8-16(24-25-6-3-7-26-24)10-19(9-15)27-11-17-4-2-5-18(28-17)12-29-13-21(31)23(33)22(32)20(29)14-30/h2-10,20-23,27,30-33H,11-14H2,1H3/t20-,21+,22-,23-/m1/s1. The highest BCUT2D eigenvalue weighted by molar-refractivity contribution is 5.64. The van der Waals surface area contributed by atoms with Gasteiger partial charge in [0.15, 0.2) is 5.82 Å². The number of aliphatic hydroxyl groups is 4. The van der Waals surface area contributed by atoms with E-state index in [0.29, 0.717) is 18.9 Å². The Morgan fingerprint density at radius 2 is 1.76 bits per heavy atom. The maximum Gasteiger partial charge on any atom is 0.159 e. The minimum absolute atomic E-state index is 0.140. The maximum atomic E-state index is 10.2. The number of nitrogens with zero attached hydrogens (tertiary/aromatic N) is 4. The average Bonchev–Trinajstić information content (AvgIpc) is 2.82. The number of aliphatic hydroxyl groups excluding tert-OH is 4. The summed E-state index contributed by atoms with van der Waals surface area (Å²) >= 11 is 0. The molecule has 0 unspecified atom stereocenters. The minimum atomic E-state index is -1.28. The molecule has 1 aromatic carbocycles. The van der Waals surface area contributed by atoms with Crippen LogP contribution in [0.15, 0.2) is 54.9 Å². The lowest BCUT2D eigenvalue weighted by atomic mass is 9.94. The third-order valence-corrected chi connectivity index (χ3v) is 5.82. The molecule has 1 saturated heterocycles. The van der Waals surface area contributed by atoms with Gasteiger partial charge in [0, 0.05) is 36.7 Å². The molecule has 5 N–H and O–H groups in total. The second-order valence-electron chi connectivity index (χ2n) is 8.36. The summed E-state index contributed by atoms with van der Waals surface area (Å²) in [5, 5.41) is 43.2. The summed E-state index contributed by atoms with van der Waals surface area (Å²) in [7, 11) is 0. The lowest BCUT2D eigenvalue weighted by Crippen LogP contribution is -2.62. The van der Waals surface area contributed by atoms with Crippen molar-refractivity contribution in [3.05, 3.63) is 71.8 Å². The highest BCUT2D eigenvalue weighted by Gasteiger charge is 2.41. The number of hydrogen-bond acceptors (Lipinski definition) is 9. The molecule has 0 spiro atoms. The fraction of sp³-hybridized carbons (Fsp3) is 0.375. The Morgan fingerprint density at radius 1 is 1.00 bits per heavy atom. The molecule has 0 saturated carbocycles. The summed E-state index contributed by atoms with van der Waals surface area (Å²) in [6, 6.07) is 12.9. The number of aromatic nitrogens is 3. The van der Waals surface area contributed by atoms with Crippen LogP contribution in [0.25, 0.3) is 11.4 Å². The van der Waals surface area contributed by atoms with Gasteiger partial charge in [-0.05, 0) is 48.9 Å². The number of likely N-dealkylation sites (tertiary alicyclic amines) is 1. The SMILES string of the molecule is Cc1cc(NCc2cccc(CN3C[C@H](O)[C@@H](O)[C@H](O)[C@H]3CO)n2)cc(-c2ncccn2)c1. The van der Waals surface area contributed by atoms with Crippen LogP contribution in [0.4, 0.5) is 5.69 Å². The molecule has 33 heavy (non-hydrogen) atoms. The minimum Gasteiger partial charge on any atom is -0.395 e. The number of rotatable bonds is 7. The maximum absolute atomic E-state index is 10.2. The van der Waals surface area contributed by atoms with Crippen molar-refractivity contribution >= 4 is 5.69 Å². The average molecular weight is 452 g/mol. The van der Waals surface area contributed by atoms with Crippen LogP contribution in [0.1, 0.15) is 17.0 Å². The highest BCUT2D eigenvalue weighted by Crippen LogP contribution is 2.23. The van der Waals surface area contributed by atoms with Crippen molar-refractivity contribution in [2.75, 3.05) is 18.5 Å². The molecular weight excluding hydrogens is 422 g/mol. The lowest BCUT2D eigenvalue weighted by Gasteiger charge is -2.42. The molecular formula is C24H29N5O4. The summed E-state index contributed by atoms with van der Waals surface area (Å²) < 4.78 is 0. The molecule has 9 nitrogen and oxygen atoms in total. The van der Waals surface area contributed by atoms with E-state index in [2.05, 4.69) is 20.3 Å². The number of β-amino-alcohol motifs (C(OH)–C–C–N with tert-alkyl or cyclic N) is 1. The van der Waals surface area contributed by atoms with Gasteiger partial charge in [0.05, 0.1) is 36.7 Å². The zero-order valence-electron chi connectivity index (χ0n) is 18.4. The molecule has 3 heterocycles. The van der Waals surface area contributed by atoms with Crippen molar-refractivity contribution in [3.63, 3.8) is 0 Å². The molecule has 0 aliphatic carbocycles. The predicted molar refractivity (Wildman–Crippen MR) is 123 cm³/mol. The molecule has 0 radical (unpaired) electrons. The molecule has 3 aromatic rings. The van der Waals surface area contributed by atoms with E-state index >= 15 is 0 Å². The van der Waals surface area contributed by atoms with Crippen LogP contribution in [-0.4, -0.2) is 77.8 Å². The number of nitrogens with one attached hydrogen (secondary N) is 1. The van der Waals surface area contributed by atoms with Gasteiger partial charge in [-0.3, -0.25) is 9.88 Å². The Hall–Kier alpha value is -2.95. The van der Waals surface area contributed by atoms with E-state index in [1.165, 1.54) is 0 Å². The lowest BCUT2D eigenvalue weighted by molar-refractivity contribution is -0.147. The molecule has 4 rings (SSSR count). The van der Waals surface area contributed by atoms with Crippen LogP contribution >= 0.6 is 0 Å². The number of aryl methyl sites for hydroxylation is 1. The van der Waals surface area contributed by atoms with Crippen molar-refractivity contribution < 1.29 is 20.4 Å². The Morgan fingerprint density at radius 3 is 2.52 bits per heavy atom. The summed E-state index contributed by atoms with van der Waals surface area (Å²) in [4.78, 5) is 15.1. The summed E-state index contributed by atoms with van der Waals surface area (Å²) in [6.07, 6.45) is -0.155. The molecule has 1 aliphatic rings. The van der Waals surface area contributed by atoms with Gasteiger partial charge in [0.1, 0.15) is 12.2 Å². The van der Waals surface area contributed by atoms with E-state index in [0.717, 1.165) is 28.2 Å². The highest BCUT2D eigenvalue weighted by atomic mass is 16.4. The number of hydrogen-bond donors (Lipinski definition) is 5. The molecule has 0 bridgehead atoms. The summed E-state index contributed by atoms with van der Waals surface area (Å²) in [6.45, 7) is 2.67. The Balaban J connectivity index is 1.44. The van der Waals surface area contributed by atoms with Crippen LogP contribution in [-0.2, 0) is 13.1 Å². The number of benzene rings is 1. The smallest absolute Gasteiger partial charge is 0.159 e. The quantitative estimate of drug-likeness (QED) is 0.352. The molecule has 1 fully saturated rings. The molecule has 2 aromatic heterocycles. The Labute approximate surface area is 192 Å². The molecule has 0 amide bonds. The van der Waals surface area contributed by atoms with Gasteiger partial charge >= 0.3 is 0 Å². The van der Waals surface area contributed by atoms with Crippen LogP contribution in [0, 0.1) is 6.92 Å². The van der Waals surface area contributed by atoms with Gasteiger partial charge in [-0.15, -0.1) is 0 Å². The van der Waals surface area contributed by atoms with Crippen molar-refractivity contribution in [1.29, 1.82) is 0 Å². The van der Waals surface area contributed by atoms with Crippen molar-refractivity contribution in [2.45, 2.75) is 44.4 Å². The van der Waals surface area contributed by atoms with Crippen molar-refractivity contribution in [3.8, 4) is 11.4 Å². The molecule has 174 valence electrons. The van der Waals surface area contributed by atoms with Crippen LogP contribution in [0.5, 0.6) is 0 Å². The molecule has 9 heteroatoms. The largest absolute Gasteiger partial charge is 0.395 e. The fourth-order valence-electron chi connectivity index (χ4n) is 4.14. The van der Waals surface area contributed by atoms with Crippen molar-refractivity contribution in [1.82, 2.24) is 19.9 Å². The topological polar surface area (TPSA) is 135 Å². The van der Waals surface area contributed by atoms with Gasteiger partial charge in [0.2, 0.25) is 0 Å². The number of anilines is 1. The van der Waals surface area contributed by atoms with Gasteiger partial charge in [0.25, 0.3) is 0 Å². The van der Waals surface area contributed by atoms with E-state index in [-0.39, 0.29) is 13.2 Å².